The molecule has 2 aliphatic rings. The molecule has 7 heteroatoms. The van der Waals surface area contributed by atoms with Crippen molar-refractivity contribution in [3.63, 3.8) is 0 Å². The molecule has 0 radical (unpaired) electrons. The van der Waals surface area contributed by atoms with Gasteiger partial charge in [0.1, 0.15) is 0 Å². The summed E-state index contributed by atoms with van der Waals surface area (Å²) in [5.41, 5.74) is -0.743. The fourth-order valence-electron chi connectivity index (χ4n) is 3.72. The minimum absolute atomic E-state index is 0.259. The Balaban J connectivity index is 1.82. The lowest BCUT2D eigenvalue weighted by atomic mass is 9.82. The molecule has 2 saturated heterocycles. The Bertz CT molecular complexity index is 636. The normalized spacial score (nSPS) is 29.4. The van der Waals surface area contributed by atoms with Crippen LogP contribution in [0.3, 0.4) is 0 Å². The standard InChI is InChI=1S/C14H23N5O2/c1-17-10-5-4-6-11(17)8-9(7-10)15-12-13(20)18(2)14(21)19(3)16-12/h9-11H,4-8H2,1-3H3,(H,15,16). The first kappa shape index (κ1) is 14.3. The first-order valence-electron chi connectivity index (χ1n) is 7.60. The zero-order valence-corrected chi connectivity index (χ0v) is 12.9. The fourth-order valence-corrected chi connectivity index (χ4v) is 3.72. The molecular weight excluding hydrogens is 270 g/mol. The van der Waals surface area contributed by atoms with Crippen LogP contribution in [0, 0.1) is 0 Å². The molecule has 21 heavy (non-hydrogen) atoms. The van der Waals surface area contributed by atoms with Gasteiger partial charge in [-0.3, -0.25) is 9.36 Å². The average Bonchev–Trinajstić information content (AvgIpc) is 2.43. The number of piperidine rings is 2. The van der Waals surface area contributed by atoms with Crippen LogP contribution in [0.15, 0.2) is 9.59 Å². The van der Waals surface area contributed by atoms with E-state index in [0.717, 1.165) is 17.4 Å². The van der Waals surface area contributed by atoms with Gasteiger partial charge in [0.15, 0.2) is 0 Å². The Hall–Kier alpha value is -1.63. The maximum atomic E-state index is 12.1. The summed E-state index contributed by atoms with van der Waals surface area (Å²) in [6.07, 6.45) is 5.81. The highest BCUT2D eigenvalue weighted by Gasteiger charge is 2.36. The van der Waals surface area contributed by atoms with Gasteiger partial charge in [0.2, 0.25) is 5.82 Å². The highest BCUT2D eigenvalue weighted by atomic mass is 16.2. The lowest BCUT2D eigenvalue weighted by Crippen LogP contribution is -2.53. The maximum Gasteiger partial charge on any atom is 0.346 e. The van der Waals surface area contributed by atoms with Crippen molar-refractivity contribution in [1.82, 2.24) is 19.2 Å². The fraction of sp³-hybridized carbons (Fsp3) is 0.786. The summed E-state index contributed by atoms with van der Waals surface area (Å²) in [5.74, 6) is 0.284. The molecule has 0 aromatic carbocycles. The first-order chi connectivity index (χ1) is 9.97. The van der Waals surface area contributed by atoms with E-state index in [-0.39, 0.29) is 17.4 Å². The van der Waals surface area contributed by atoms with Crippen molar-refractivity contribution in [1.29, 1.82) is 0 Å². The van der Waals surface area contributed by atoms with E-state index in [9.17, 15) is 9.59 Å². The Morgan fingerprint density at radius 3 is 2.33 bits per heavy atom. The van der Waals surface area contributed by atoms with E-state index in [1.807, 2.05) is 0 Å². The number of anilines is 1. The van der Waals surface area contributed by atoms with Gasteiger partial charge in [-0.15, -0.1) is 5.10 Å². The molecule has 2 atom stereocenters. The highest BCUT2D eigenvalue weighted by molar-refractivity contribution is 5.31. The van der Waals surface area contributed by atoms with Crippen LogP contribution in [0.5, 0.6) is 0 Å². The number of fused-ring (bicyclic) bond motifs is 2. The van der Waals surface area contributed by atoms with Crippen molar-refractivity contribution in [2.24, 2.45) is 14.1 Å². The number of hydrogen-bond donors (Lipinski definition) is 1. The third kappa shape index (κ3) is 2.50. The molecule has 7 nitrogen and oxygen atoms in total. The number of nitrogens with zero attached hydrogens (tertiary/aromatic N) is 4. The average molecular weight is 293 g/mol. The number of aryl methyl sites for hydroxylation is 1. The van der Waals surface area contributed by atoms with Crippen LogP contribution in [0.25, 0.3) is 0 Å². The van der Waals surface area contributed by atoms with Crippen LogP contribution in [0.4, 0.5) is 5.82 Å². The Morgan fingerprint density at radius 2 is 1.71 bits per heavy atom. The molecule has 116 valence electrons. The van der Waals surface area contributed by atoms with Crippen molar-refractivity contribution >= 4 is 5.82 Å². The van der Waals surface area contributed by atoms with Crippen molar-refractivity contribution < 1.29 is 0 Å². The highest BCUT2D eigenvalue weighted by Crippen LogP contribution is 2.33. The second-order valence-corrected chi connectivity index (χ2v) is 6.34. The third-order valence-electron chi connectivity index (χ3n) is 5.00. The second-order valence-electron chi connectivity index (χ2n) is 6.34. The molecular formula is C14H23N5O2. The molecule has 0 spiro atoms. The molecule has 1 aromatic rings. The predicted octanol–water partition coefficient (Wildman–Crippen LogP) is -0.0938. The molecule has 1 aromatic heterocycles. The molecule has 3 heterocycles. The maximum absolute atomic E-state index is 12.1. The van der Waals surface area contributed by atoms with E-state index in [0.29, 0.717) is 12.1 Å². The van der Waals surface area contributed by atoms with Gasteiger partial charge in [-0.1, -0.05) is 6.42 Å². The van der Waals surface area contributed by atoms with Crippen LogP contribution in [0.1, 0.15) is 32.1 Å². The minimum atomic E-state index is -0.397. The van der Waals surface area contributed by atoms with E-state index in [4.69, 9.17) is 0 Å². The Kier molecular flexibility index (Phi) is 3.61. The number of aromatic nitrogens is 3. The van der Waals surface area contributed by atoms with E-state index in [1.54, 1.807) is 7.05 Å². The first-order valence-corrected chi connectivity index (χ1v) is 7.60. The van der Waals surface area contributed by atoms with Crippen LogP contribution >= 0.6 is 0 Å². The molecule has 2 unspecified atom stereocenters. The monoisotopic (exact) mass is 293 g/mol. The van der Waals surface area contributed by atoms with Crippen LogP contribution in [-0.4, -0.2) is 44.4 Å². The van der Waals surface area contributed by atoms with Gasteiger partial charge in [-0.25, -0.2) is 9.48 Å². The molecule has 0 aliphatic carbocycles. The van der Waals surface area contributed by atoms with Crippen molar-refractivity contribution in [2.45, 2.75) is 50.2 Å². The number of nitrogens with one attached hydrogen (secondary N) is 1. The summed E-state index contributed by atoms with van der Waals surface area (Å²) in [6.45, 7) is 0. The largest absolute Gasteiger partial charge is 0.361 e. The minimum Gasteiger partial charge on any atom is -0.361 e. The van der Waals surface area contributed by atoms with Gasteiger partial charge in [0, 0.05) is 32.2 Å². The van der Waals surface area contributed by atoms with E-state index in [2.05, 4.69) is 22.4 Å². The predicted molar refractivity (Wildman–Crippen MR) is 80.6 cm³/mol. The van der Waals surface area contributed by atoms with Gasteiger partial charge >= 0.3 is 5.69 Å². The molecule has 3 rings (SSSR count). The SMILES string of the molecule is CN1C2CCCC1CC(Nc1nn(C)c(=O)n(C)c1=O)C2. The molecule has 2 fully saturated rings. The number of rotatable bonds is 2. The van der Waals surface area contributed by atoms with Crippen LogP contribution < -0.4 is 16.6 Å². The molecule has 2 bridgehead atoms. The molecule has 0 saturated carbocycles. The third-order valence-corrected chi connectivity index (χ3v) is 5.00. The van der Waals surface area contributed by atoms with Gasteiger partial charge in [-0.2, -0.15) is 0 Å². The van der Waals surface area contributed by atoms with E-state index < -0.39 is 5.69 Å². The van der Waals surface area contributed by atoms with Crippen molar-refractivity contribution in [3.05, 3.63) is 20.8 Å². The zero-order chi connectivity index (χ0) is 15.1. The smallest absolute Gasteiger partial charge is 0.346 e. The Labute approximate surface area is 123 Å². The van der Waals surface area contributed by atoms with Crippen molar-refractivity contribution in [2.75, 3.05) is 12.4 Å². The zero-order valence-electron chi connectivity index (χ0n) is 12.9. The van der Waals surface area contributed by atoms with E-state index in [1.165, 1.54) is 31.0 Å². The van der Waals surface area contributed by atoms with Crippen LogP contribution in [0.2, 0.25) is 0 Å². The van der Waals surface area contributed by atoms with Gasteiger partial charge in [0.05, 0.1) is 0 Å². The second kappa shape index (κ2) is 5.29. The van der Waals surface area contributed by atoms with E-state index >= 15 is 0 Å². The van der Waals surface area contributed by atoms with Gasteiger partial charge in [0.25, 0.3) is 5.56 Å². The molecule has 1 N–H and O–H groups in total. The summed E-state index contributed by atoms with van der Waals surface area (Å²) in [4.78, 5) is 26.3. The summed E-state index contributed by atoms with van der Waals surface area (Å²) in [7, 11) is 5.26. The van der Waals surface area contributed by atoms with Crippen molar-refractivity contribution in [3.8, 4) is 0 Å². The van der Waals surface area contributed by atoms with Crippen LogP contribution in [-0.2, 0) is 14.1 Å². The lowest BCUT2D eigenvalue weighted by molar-refractivity contribution is 0.0607. The quantitative estimate of drug-likeness (QED) is 0.825. The van der Waals surface area contributed by atoms with Gasteiger partial charge < -0.3 is 10.2 Å². The summed E-state index contributed by atoms with van der Waals surface area (Å²) in [6, 6.07) is 1.44. The summed E-state index contributed by atoms with van der Waals surface area (Å²) < 4.78 is 2.31. The summed E-state index contributed by atoms with van der Waals surface area (Å²) in [5, 5.41) is 7.36. The molecule has 2 aliphatic heterocycles. The number of hydrogen-bond acceptors (Lipinski definition) is 5. The van der Waals surface area contributed by atoms with Gasteiger partial charge in [-0.05, 0) is 32.7 Å². The Morgan fingerprint density at radius 1 is 1.10 bits per heavy atom. The topological polar surface area (TPSA) is 72.2 Å². The lowest BCUT2D eigenvalue weighted by Gasteiger charge is -2.47. The molecule has 0 amide bonds. The summed E-state index contributed by atoms with van der Waals surface area (Å²) >= 11 is 0.